The summed E-state index contributed by atoms with van der Waals surface area (Å²) >= 11 is 0. The molecule has 4 heteroatoms. The molecule has 2 amide bonds. The zero-order chi connectivity index (χ0) is 12.7. The van der Waals surface area contributed by atoms with Crippen molar-refractivity contribution in [2.24, 2.45) is 0 Å². The van der Waals surface area contributed by atoms with Crippen LogP contribution in [0.25, 0.3) is 0 Å². The van der Waals surface area contributed by atoms with Crippen LogP contribution in [0.2, 0.25) is 0 Å². The van der Waals surface area contributed by atoms with Gasteiger partial charge in [-0.05, 0) is 25.8 Å². The highest BCUT2D eigenvalue weighted by atomic mass is 16.3. The van der Waals surface area contributed by atoms with Gasteiger partial charge in [0.2, 0.25) is 0 Å². The lowest BCUT2D eigenvalue weighted by Crippen LogP contribution is -2.37. The van der Waals surface area contributed by atoms with E-state index in [1.165, 1.54) is 0 Å². The summed E-state index contributed by atoms with van der Waals surface area (Å²) in [7, 11) is 0. The van der Waals surface area contributed by atoms with Crippen LogP contribution in [0, 0.1) is 0 Å². The fourth-order valence-corrected chi connectivity index (χ4v) is 1.32. The first-order valence-electron chi connectivity index (χ1n) is 5.75. The van der Waals surface area contributed by atoms with Gasteiger partial charge in [0.15, 0.2) is 0 Å². The lowest BCUT2D eigenvalue weighted by molar-refractivity contribution is 0.0719. The van der Waals surface area contributed by atoms with Crippen LogP contribution in [0.3, 0.4) is 0 Å². The molecule has 0 aliphatic rings. The Morgan fingerprint density at radius 2 is 1.88 bits per heavy atom. The molecule has 0 heterocycles. The third-order valence-corrected chi connectivity index (χ3v) is 2.32. The van der Waals surface area contributed by atoms with Crippen molar-refractivity contribution in [3.63, 3.8) is 0 Å². The van der Waals surface area contributed by atoms with Gasteiger partial charge in [0.25, 0.3) is 0 Å². The molecule has 3 N–H and O–H groups in total. The molecule has 1 aromatic carbocycles. The van der Waals surface area contributed by atoms with E-state index in [9.17, 15) is 9.90 Å². The van der Waals surface area contributed by atoms with E-state index in [-0.39, 0.29) is 6.03 Å². The minimum atomic E-state index is -0.743. The smallest absolute Gasteiger partial charge is 0.315 e. The van der Waals surface area contributed by atoms with Crippen molar-refractivity contribution in [3.05, 3.63) is 35.9 Å². The molecule has 1 rings (SSSR count). The number of nitrogens with one attached hydrogen (secondary N) is 2. The number of carbonyl (C=O) groups excluding carboxylic acids is 1. The minimum absolute atomic E-state index is 0.210. The second-order valence-corrected chi connectivity index (χ2v) is 4.66. The molecule has 0 bridgehead atoms. The van der Waals surface area contributed by atoms with Crippen LogP contribution in [0.4, 0.5) is 4.79 Å². The molecule has 94 valence electrons. The number of urea groups is 1. The van der Waals surface area contributed by atoms with Gasteiger partial charge in [-0.1, -0.05) is 30.3 Å². The molecule has 0 aliphatic heterocycles. The van der Waals surface area contributed by atoms with Gasteiger partial charge in [-0.15, -0.1) is 0 Å². The molecule has 0 aliphatic carbocycles. The topological polar surface area (TPSA) is 61.4 Å². The summed E-state index contributed by atoms with van der Waals surface area (Å²) in [6.07, 6.45) is 0.533. The molecule has 0 fully saturated rings. The van der Waals surface area contributed by atoms with Crippen LogP contribution in [-0.4, -0.2) is 23.3 Å². The molecule has 17 heavy (non-hydrogen) atoms. The van der Waals surface area contributed by atoms with Crippen molar-refractivity contribution in [2.45, 2.75) is 32.4 Å². The van der Waals surface area contributed by atoms with Crippen LogP contribution < -0.4 is 10.6 Å². The van der Waals surface area contributed by atoms with Gasteiger partial charge in [-0.2, -0.15) is 0 Å². The number of aliphatic hydroxyl groups is 1. The van der Waals surface area contributed by atoms with Crippen molar-refractivity contribution >= 4 is 6.03 Å². The summed E-state index contributed by atoms with van der Waals surface area (Å²) in [5.41, 5.74) is 0.317. The van der Waals surface area contributed by atoms with E-state index in [4.69, 9.17) is 0 Å². The van der Waals surface area contributed by atoms with Crippen LogP contribution in [0.1, 0.15) is 25.8 Å². The predicted molar refractivity (Wildman–Crippen MR) is 67.6 cm³/mol. The number of hydrogen-bond donors (Lipinski definition) is 3. The summed E-state index contributed by atoms with van der Waals surface area (Å²) in [4.78, 5) is 11.4. The Labute approximate surface area is 102 Å². The van der Waals surface area contributed by atoms with Gasteiger partial charge in [-0.3, -0.25) is 0 Å². The second kappa shape index (κ2) is 6.25. The zero-order valence-electron chi connectivity index (χ0n) is 10.4. The van der Waals surface area contributed by atoms with Gasteiger partial charge >= 0.3 is 6.03 Å². The van der Waals surface area contributed by atoms with Crippen LogP contribution in [0.15, 0.2) is 30.3 Å². The first-order chi connectivity index (χ1) is 7.97. The van der Waals surface area contributed by atoms with Crippen molar-refractivity contribution < 1.29 is 9.90 Å². The Balaban J connectivity index is 2.18. The number of hydrogen-bond acceptors (Lipinski definition) is 2. The molecule has 0 saturated carbocycles. The van der Waals surface area contributed by atoms with Gasteiger partial charge < -0.3 is 15.7 Å². The van der Waals surface area contributed by atoms with Crippen molar-refractivity contribution in [1.82, 2.24) is 10.6 Å². The van der Waals surface area contributed by atoms with Gasteiger partial charge in [0.1, 0.15) is 0 Å². The van der Waals surface area contributed by atoms with Gasteiger partial charge in [0.05, 0.1) is 5.60 Å². The average molecular weight is 236 g/mol. The quantitative estimate of drug-likeness (QED) is 0.728. The maximum atomic E-state index is 11.4. The molecule has 0 aromatic heterocycles. The number of amides is 2. The number of carbonyl (C=O) groups is 1. The normalized spacial score (nSPS) is 11.0. The van der Waals surface area contributed by atoms with Crippen LogP contribution in [-0.2, 0) is 6.54 Å². The molecule has 1 aromatic rings. The summed E-state index contributed by atoms with van der Waals surface area (Å²) in [6, 6.07) is 9.51. The fourth-order valence-electron chi connectivity index (χ4n) is 1.32. The highest BCUT2D eigenvalue weighted by molar-refractivity contribution is 5.73. The SMILES string of the molecule is CC(C)(O)CCNC(=O)NCc1ccccc1. The van der Waals surface area contributed by atoms with E-state index >= 15 is 0 Å². The average Bonchev–Trinajstić information content (AvgIpc) is 2.26. The van der Waals surface area contributed by atoms with Crippen molar-refractivity contribution in [3.8, 4) is 0 Å². The standard InChI is InChI=1S/C13H20N2O2/c1-13(2,17)8-9-14-12(16)15-10-11-6-4-3-5-7-11/h3-7,17H,8-10H2,1-2H3,(H2,14,15,16). The summed E-state index contributed by atoms with van der Waals surface area (Å²) in [6.45, 7) is 4.41. The lowest BCUT2D eigenvalue weighted by Gasteiger charge is -2.17. The monoisotopic (exact) mass is 236 g/mol. The molecular formula is C13H20N2O2. The number of rotatable bonds is 5. The minimum Gasteiger partial charge on any atom is -0.390 e. The number of benzene rings is 1. The van der Waals surface area contributed by atoms with E-state index in [1.807, 2.05) is 30.3 Å². The first-order valence-corrected chi connectivity index (χ1v) is 5.75. The largest absolute Gasteiger partial charge is 0.390 e. The first kappa shape index (κ1) is 13.5. The van der Waals surface area contributed by atoms with E-state index < -0.39 is 5.60 Å². The predicted octanol–water partition coefficient (Wildman–Crippen LogP) is 1.65. The zero-order valence-corrected chi connectivity index (χ0v) is 10.4. The maximum Gasteiger partial charge on any atom is 0.315 e. The third-order valence-electron chi connectivity index (χ3n) is 2.32. The molecular weight excluding hydrogens is 216 g/mol. The van der Waals surface area contributed by atoms with E-state index in [2.05, 4.69) is 10.6 Å². The Kier molecular flexibility index (Phi) is 4.97. The molecule has 0 radical (unpaired) electrons. The molecule has 0 atom stereocenters. The molecule has 0 unspecified atom stereocenters. The highest BCUT2D eigenvalue weighted by Crippen LogP contribution is 2.04. The lowest BCUT2D eigenvalue weighted by atomic mass is 10.1. The summed E-state index contributed by atoms with van der Waals surface area (Å²) in [5, 5.41) is 14.9. The Hall–Kier alpha value is -1.55. The summed E-state index contributed by atoms with van der Waals surface area (Å²) < 4.78 is 0. The van der Waals surface area contributed by atoms with E-state index in [0.29, 0.717) is 19.5 Å². The van der Waals surface area contributed by atoms with Crippen molar-refractivity contribution in [1.29, 1.82) is 0 Å². The molecule has 0 saturated heterocycles. The second-order valence-electron chi connectivity index (χ2n) is 4.66. The Bertz CT molecular complexity index is 344. The fraction of sp³-hybridized carbons (Fsp3) is 0.462. The van der Waals surface area contributed by atoms with E-state index in [1.54, 1.807) is 13.8 Å². The van der Waals surface area contributed by atoms with Gasteiger partial charge in [-0.25, -0.2) is 4.79 Å². The molecule has 0 spiro atoms. The van der Waals surface area contributed by atoms with Crippen molar-refractivity contribution in [2.75, 3.05) is 6.54 Å². The summed E-state index contributed by atoms with van der Waals surface area (Å²) in [5.74, 6) is 0. The Morgan fingerprint density at radius 3 is 2.47 bits per heavy atom. The molecule has 4 nitrogen and oxygen atoms in total. The van der Waals surface area contributed by atoms with Crippen LogP contribution >= 0.6 is 0 Å². The third kappa shape index (κ3) is 6.58. The van der Waals surface area contributed by atoms with E-state index in [0.717, 1.165) is 5.56 Å². The van der Waals surface area contributed by atoms with Gasteiger partial charge in [0, 0.05) is 13.1 Å². The maximum absolute atomic E-state index is 11.4. The highest BCUT2D eigenvalue weighted by Gasteiger charge is 2.12. The van der Waals surface area contributed by atoms with Crippen LogP contribution in [0.5, 0.6) is 0 Å². The Morgan fingerprint density at radius 1 is 1.24 bits per heavy atom.